The predicted molar refractivity (Wildman–Crippen MR) is 160 cm³/mol. The zero-order valence-corrected chi connectivity index (χ0v) is 25.8. The molecule has 1 atom stereocenters. The monoisotopic (exact) mass is 633 g/mol. The van der Waals surface area contributed by atoms with E-state index in [0.29, 0.717) is 38.3 Å². The average Bonchev–Trinajstić information content (AvgIpc) is 3.38. The second kappa shape index (κ2) is 14.1. The molecule has 1 aliphatic rings. The Labute approximate surface area is 259 Å². The fraction of sp³-hybridized carbons (Fsp3) is 0.400. The van der Waals surface area contributed by atoms with Gasteiger partial charge < -0.3 is 34.4 Å². The minimum absolute atomic E-state index is 0.0523. The highest BCUT2D eigenvalue weighted by molar-refractivity contribution is 6.34. The molecule has 3 amide bonds. The van der Waals surface area contributed by atoms with Crippen LogP contribution in [-0.2, 0) is 11.8 Å². The summed E-state index contributed by atoms with van der Waals surface area (Å²) in [6.45, 7) is 2.09. The minimum Gasteiger partial charge on any atom is -0.494 e. The number of aliphatic hydroxyl groups excluding tert-OH is 1. The Morgan fingerprint density at radius 2 is 1.77 bits per heavy atom. The normalized spacial score (nSPS) is 14.1. The Hall–Kier alpha value is -4.07. The molecule has 0 radical (unpaired) electrons. The lowest BCUT2D eigenvalue weighted by atomic mass is 10.1. The van der Waals surface area contributed by atoms with Gasteiger partial charge in [-0.15, -0.1) is 0 Å². The van der Waals surface area contributed by atoms with E-state index >= 15 is 0 Å². The number of imidazole rings is 1. The van der Waals surface area contributed by atoms with Gasteiger partial charge in [0.1, 0.15) is 0 Å². The topological polar surface area (TPSA) is 121 Å². The molecule has 0 saturated carbocycles. The number of anilines is 1. The van der Waals surface area contributed by atoms with Gasteiger partial charge in [-0.05, 0) is 30.3 Å². The van der Waals surface area contributed by atoms with Crippen LogP contribution < -0.4 is 15.0 Å². The number of piperazine rings is 1. The summed E-state index contributed by atoms with van der Waals surface area (Å²) in [7, 11) is 6.69. The molecule has 3 N–H and O–H groups in total. The van der Waals surface area contributed by atoms with E-state index in [4.69, 9.17) is 16.3 Å². The van der Waals surface area contributed by atoms with Gasteiger partial charge in [0.25, 0.3) is 11.8 Å². The molecule has 0 spiro atoms. The van der Waals surface area contributed by atoms with E-state index in [9.17, 15) is 28.3 Å². The number of amides is 3. The molecule has 1 aromatic heterocycles. The highest BCUT2D eigenvalue weighted by Gasteiger charge is 2.27. The third kappa shape index (κ3) is 7.34. The maximum Gasteiger partial charge on any atom is 0.291 e. The Bertz CT molecular complexity index is 1540. The molecule has 2 aromatic carbocycles. The summed E-state index contributed by atoms with van der Waals surface area (Å²) in [5.41, 5.74) is 0.623. The summed E-state index contributed by atoms with van der Waals surface area (Å²) < 4.78 is 35.0. The number of carbonyl (C=O) groups excluding carboxylic acids is 3. The summed E-state index contributed by atoms with van der Waals surface area (Å²) in [5, 5.41) is 12.9. The second-order valence-corrected chi connectivity index (χ2v) is 11.3. The number of hydrogen-bond acceptors (Lipinski definition) is 6. The Kier molecular flexibility index (Phi) is 10.6. The maximum absolute atomic E-state index is 14.6. The zero-order chi connectivity index (χ0) is 32.1. The number of aromatic nitrogens is 2. The van der Waals surface area contributed by atoms with Crippen LogP contribution in [0.2, 0.25) is 5.02 Å². The van der Waals surface area contributed by atoms with Crippen LogP contribution in [-0.4, -0.2) is 102 Å². The predicted octanol–water partition coefficient (Wildman–Crippen LogP) is 1.85. The van der Waals surface area contributed by atoms with E-state index < -0.39 is 23.6 Å². The number of ether oxygens (including phenoxy) is 1. The first kappa shape index (κ1) is 32.8. The van der Waals surface area contributed by atoms with Gasteiger partial charge in [-0.25, -0.2) is 9.37 Å². The molecular formula is C30H36ClF2N6O5+. The van der Waals surface area contributed by atoms with Crippen molar-refractivity contribution in [3.05, 3.63) is 64.6 Å². The van der Waals surface area contributed by atoms with Gasteiger partial charge in [0.15, 0.2) is 17.4 Å². The summed E-state index contributed by atoms with van der Waals surface area (Å²) in [6, 6.07) is 7.08. The fourth-order valence-electron chi connectivity index (χ4n) is 4.93. The molecule has 1 fully saturated rings. The van der Waals surface area contributed by atoms with Crippen molar-refractivity contribution in [1.29, 1.82) is 0 Å². The Balaban J connectivity index is 1.36. The van der Waals surface area contributed by atoms with E-state index in [0.717, 1.165) is 6.54 Å². The minimum atomic E-state index is -1.15. The first-order valence-corrected chi connectivity index (χ1v) is 14.5. The lowest BCUT2D eigenvalue weighted by Gasteiger charge is -2.35. The van der Waals surface area contributed by atoms with Crippen molar-refractivity contribution in [3.63, 3.8) is 0 Å². The molecule has 1 saturated heterocycles. The number of quaternary nitrogens is 1. The second-order valence-electron chi connectivity index (χ2n) is 10.9. The van der Waals surface area contributed by atoms with Gasteiger partial charge in [-0.3, -0.25) is 14.4 Å². The number of carbonyl (C=O) groups is 3. The van der Waals surface area contributed by atoms with E-state index in [1.165, 1.54) is 60.2 Å². The van der Waals surface area contributed by atoms with E-state index in [1.54, 1.807) is 9.80 Å². The van der Waals surface area contributed by atoms with Crippen molar-refractivity contribution in [2.45, 2.75) is 18.9 Å². The van der Waals surface area contributed by atoms with Crippen molar-refractivity contribution in [2.24, 2.45) is 7.05 Å². The quantitative estimate of drug-likeness (QED) is 0.314. The summed E-state index contributed by atoms with van der Waals surface area (Å²) in [5.74, 6) is -3.67. The average molecular weight is 634 g/mol. The molecular weight excluding hydrogens is 598 g/mol. The molecule has 0 bridgehead atoms. The van der Waals surface area contributed by atoms with Crippen LogP contribution in [0.5, 0.6) is 5.75 Å². The van der Waals surface area contributed by atoms with Gasteiger partial charge in [-0.1, -0.05) is 11.6 Å². The standard InChI is InChI=1S/C30H35ClF2N6O5/c1-36(2)10-9-19(40)16-25(41)38-11-13-39(14-12-38)30(43)20-6-5-18(15-22(20)31)35-29(42)28-34-17-23(37(28)3)21-7-8-24(44-4)27(33)26(21)32/h5-8,15,17,19,40H,9-14,16H2,1-4H3,(H,35,42)/p+1/t19-/m0/s1. The maximum atomic E-state index is 14.6. The number of rotatable bonds is 10. The number of hydrogen-bond donors (Lipinski definition) is 3. The van der Waals surface area contributed by atoms with Crippen molar-refractivity contribution in [2.75, 3.05) is 59.2 Å². The number of methoxy groups -OCH3 is 1. The summed E-state index contributed by atoms with van der Waals surface area (Å²) in [4.78, 5) is 47.3. The molecule has 14 heteroatoms. The molecule has 2 heterocycles. The number of nitrogens with zero attached hydrogens (tertiary/aromatic N) is 4. The number of nitrogens with one attached hydrogen (secondary N) is 2. The first-order chi connectivity index (χ1) is 20.9. The zero-order valence-electron chi connectivity index (χ0n) is 25.0. The van der Waals surface area contributed by atoms with Gasteiger partial charge in [0, 0.05) is 50.9 Å². The van der Waals surface area contributed by atoms with E-state index in [-0.39, 0.29) is 51.7 Å². The van der Waals surface area contributed by atoms with Gasteiger partial charge in [0.2, 0.25) is 11.7 Å². The number of benzene rings is 2. The highest BCUT2D eigenvalue weighted by atomic mass is 35.5. The lowest BCUT2D eigenvalue weighted by molar-refractivity contribution is -0.858. The lowest BCUT2D eigenvalue weighted by Crippen LogP contribution is -3.05. The Morgan fingerprint density at radius 1 is 1.09 bits per heavy atom. The van der Waals surface area contributed by atoms with Crippen LogP contribution in [0.3, 0.4) is 0 Å². The molecule has 4 rings (SSSR count). The van der Waals surface area contributed by atoms with Crippen LogP contribution in [0.4, 0.5) is 14.5 Å². The fourth-order valence-corrected chi connectivity index (χ4v) is 5.19. The van der Waals surface area contributed by atoms with Crippen LogP contribution in [0.25, 0.3) is 11.3 Å². The SMILES string of the molecule is COc1ccc(-c2cnc(C(=O)Nc3ccc(C(=O)N4CCN(C(=O)C[C@@H](O)CC[NH+](C)C)CC4)c(Cl)c3)n2C)c(F)c1F. The number of halogens is 3. The Morgan fingerprint density at radius 3 is 2.41 bits per heavy atom. The third-order valence-electron chi connectivity index (χ3n) is 7.50. The van der Waals surface area contributed by atoms with E-state index in [1.807, 2.05) is 14.1 Å². The largest absolute Gasteiger partial charge is 0.494 e. The molecule has 11 nitrogen and oxygen atoms in total. The van der Waals surface area contributed by atoms with Crippen molar-refractivity contribution >= 4 is 35.0 Å². The van der Waals surface area contributed by atoms with Crippen molar-refractivity contribution < 1.29 is 37.9 Å². The molecule has 1 aliphatic heterocycles. The molecule has 3 aromatic rings. The molecule has 236 valence electrons. The first-order valence-electron chi connectivity index (χ1n) is 14.1. The van der Waals surface area contributed by atoms with Crippen LogP contribution in [0.1, 0.15) is 33.8 Å². The smallest absolute Gasteiger partial charge is 0.291 e. The third-order valence-corrected chi connectivity index (χ3v) is 7.81. The van der Waals surface area contributed by atoms with Crippen molar-refractivity contribution in [1.82, 2.24) is 19.4 Å². The summed E-state index contributed by atoms with van der Waals surface area (Å²) in [6.07, 6.45) is 1.15. The molecule has 0 aliphatic carbocycles. The van der Waals surface area contributed by atoms with Gasteiger partial charge in [-0.2, -0.15) is 4.39 Å². The van der Waals surface area contributed by atoms with Gasteiger partial charge >= 0.3 is 0 Å². The van der Waals surface area contributed by atoms with E-state index in [2.05, 4.69) is 10.3 Å². The van der Waals surface area contributed by atoms with Gasteiger partial charge in [0.05, 0.1) is 62.8 Å². The highest BCUT2D eigenvalue weighted by Crippen LogP contribution is 2.30. The van der Waals surface area contributed by atoms with Crippen LogP contribution >= 0.6 is 11.6 Å². The van der Waals surface area contributed by atoms with Crippen LogP contribution in [0, 0.1) is 11.6 Å². The van der Waals surface area contributed by atoms with Crippen molar-refractivity contribution in [3.8, 4) is 17.0 Å². The molecule has 0 unspecified atom stereocenters. The van der Waals surface area contributed by atoms with Crippen LogP contribution in [0.15, 0.2) is 36.5 Å². The molecule has 44 heavy (non-hydrogen) atoms. The number of aliphatic hydroxyl groups is 1. The summed E-state index contributed by atoms with van der Waals surface area (Å²) >= 11 is 6.43.